The van der Waals surface area contributed by atoms with Crippen LogP contribution in [-0.2, 0) is 9.53 Å². The van der Waals surface area contributed by atoms with E-state index in [4.69, 9.17) is 9.47 Å². The van der Waals surface area contributed by atoms with Crippen LogP contribution in [0.15, 0.2) is 4.63 Å². The van der Waals surface area contributed by atoms with E-state index in [1.165, 1.54) is 0 Å². The number of hydrogen-bond donors (Lipinski definition) is 1. The minimum atomic E-state index is -0.689. The van der Waals surface area contributed by atoms with Gasteiger partial charge < -0.3 is 14.8 Å². The molecule has 1 aliphatic heterocycles. The second kappa shape index (κ2) is 5.34. The number of rotatable bonds is 5. The summed E-state index contributed by atoms with van der Waals surface area (Å²) in [4.78, 5) is 11.9. The number of aryl methyl sites for hydroxylation is 1. The molecule has 0 saturated carbocycles. The Labute approximate surface area is 105 Å². The molecule has 1 N–H and O–H groups in total. The Morgan fingerprint density at radius 1 is 1.56 bits per heavy atom. The van der Waals surface area contributed by atoms with Crippen LogP contribution in [0.1, 0.15) is 25.5 Å². The van der Waals surface area contributed by atoms with Gasteiger partial charge in [0.05, 0.1) is 6.54 Å². The molecule has 7 heteroatoms. The van der Waals surface area contributed by atoms with E-state index in [-0.39, 0.29) is 5.91 Å². The van der Waals surface area contributed by atoms with Crippen LogP contribution >= 0.6 is 0 Å². The van der Waals surface area contributed by atoms with Crippen molar-refractivity contribution >= 4 is 5.91 Å². The first-order valence-electron chi connectivity index (χ1n) is 5.96. The van der Waals surface area contributed by atoms with Gasteiger partial charge in [0.15, 0.2) is 0 Å². The van der Waals surface area contributed by atoms with Crippen LogP contribution < -0.4 is 10.1 Å². The van der Waals surface area contributed by atoms with Gasteiger partial charge >= 0.3 is 0 Å². The predicted molar refractivity (Wildman–Crippen MR) is 61.1 cm³/mol. The Kier molecular flexibility index (Phi) is 3.81. The summed E-state index contributed by atoms with van der Waals surface area (Å²) in [6.45, 7) is 4.89. The number of amides is 1. The van der Waals surface area contributed by atoms with Crippen molar-refractivity contribution in [1.29, 1.82) is 0 Å². The zero-order valence-corrected chi connectivity index (χ0v) is 10.6. The summed E-state index contributed by atoms with van der Waals surface area (Å²) in [6, 6.07) is 0. The van der Waals surface area contributed by atoms with Gasteiger partial charge in [0.1, 0.15) is 17.9 Å². The van der Waals surface area contributed by atoms with Crippen LogP contribution in [0.3, 0.4) is 0 Å². The number of aromatic nitrogens is 2. The van der Waals surface area contributed by atoms with E-state index < -0.39 is 5.60 Å². The Bertz CT molecular complexity index is 412. The molecule has 0 radical (unpaired) electrons. The smallest absolute Gasteiger partial charge is 0.278 e. The monoisotopic (exact) mass is 255 g/mol. The van der Waals surface area contributed by atoms with Crippen LogP contribution in [-0.4, -0.2) is 41.6 Å². The average Bonchev–Trinajstić information content (AvgIpc) is 2.95. The summed E-state index contributed by atoms with van der Waals surface area (Å²) in [5.41, 5.74) is -0.0989. The van der Waals surface area contributed by atoms with Crippen LogP contribution in [0, 0.1) is 6.92 Å². The van der Waals surface area contributed by atoms with Crippen molar-refractivity contribution in [1.82, 2.24) is 15.6 Å². The molecule has 1 saturated heterocycles. The maximum absolute atomic E-state index is 11.9. The molecular formula is C11H17N3O4. The first-order valence-corrected chi connectivity index (χ1v) is 5.96. The molecule has 2 rings (SSSR count). The molecule has 0 bridgehead atoms. The summed E-state index contributed by atoms with van der Waals surface area (Å²) in [5, 5.41) is 9.94. The lowest BCUT2D eigenvalue weighted by Crippen LogP contribution is -2.45. The van der Waals surface area contributed by atoms with E-state index in [9.17, 15) is 4.79 Å². The Balaban J connectivity index is 1.69. The number of carbonyl (C=O) groups excluding carboxylic acids is 1. The van der Waals surface area contributed by atoms with Gasteiger partial charge in [-0.05, 0) is 31.8 Å². The molecule has 0 spiro atoms. The minimum absolute atomic E-state index is 0.0985. The van der Waals surface area contributed by atoms with Crippen molar-refractivity contribution in [2.45, 2.75) is 32.3 Å². The third-order valence-electron chi connectivity index (χ3n) is 2.94. The van der Waals surface area contributed by atoms with Gasteiger partial charge in [0, 0.05) is 6.61 Å². The Morgan fingerprint density at radius 3 is 3.00 bits per heavy atom. The fraction of sp³-hybridized carbons (Fsp3) is 0.727. The third-order valence-corrected chi connectivity index (χ3v) is 2.94. The van der Waals surface area contributed by atoms with Gasteiger partial charge in [-0.2, -0.15) is 0 Å². The second-order valence-corrected chi connectivity index (χ2v) is 4.44. The highest BCUT2D eigenvalue weighted by molar-refractivity contribution is 5.84. The van der Waals surface area contributed by atoms with Crippen molar-refractivity contribution < 1.29 is 18.9 Å². The topological polar surface area (TPSA) is 86.5 Å². The summed E-state index contributed by atoms with van der Waals surface area (Å²) in [7, 11) is 0. The highest BCUT2D eigenvalue weighted by Gasteiger charge is 2.37. The number of ether oxygens (including phenoxy) is 2. The minimum Gasteiger partial charge on any atom is -0.472 e. The molecular weight excluding hydrogens is 238 g/mol. The largest absolute Gasteiger partial charge is 0.472 e. The molecule has 18 heavy (non-hydrogen) atoms. The zero-order valence-electron chi connectivity index (χ0n) is 10.6. The molecule has 7 nitrogen and oxygen atoms in total. The van der Waals surface area contributed by atoms with Gasteiger partial charge in [-0.3, -0.25) is 4.79 Å². The number of nitrogens with zero attached hydrogens (tertiary/aromatic N) is 2. The number of carbonyl (C=O) groups is 1. The van der Waals surface area contributed by atoms with Crippen molar-refractivity contribution in [3.63, 3.8) is 0 Å². The zero-order chi connectivity index (χ0) is 13.0. The fourth-order valence-electron chi connectivity index (χ4n) is 1.81. The van der Waals surface area contributed by atoms with Crippen molar-refractivity contribution in [3.8, 4) is 5.88 Å². The van der Waals surface area contributed by atoms with E-state index in [0.717, 1.165) is 12.8 Å². The lowest BCUT2D eigenvalue weighted by Gasteiger charge is -2.21. The predicted octanol–water partition coefficient (Wildman–Crippen LogP) is 0.442. The molecule has 0 unspecified atom stereocenters. The quantitative estimate of drug-likeness (QED) is 0.768. The van der Waals surface area contributed by atoms with Crippen molar-refractivity contribution in [2.24, 2.45) is 0 Å². The molecule has 1 atom stereocenters. The molecule has 100 valence electrons. The molecule has 1 amide bonds. The van der Waals surface area contributed by atoms with Gasteiger partial charge in [0.25, 0.3) is 11.8 Å². The lowest BCUT2D eigenvalue weighted by atomic mass is 10.0. The Morgan fingerprint density at radius 2 is 2.39 bits per heavy atom. The maximum Gasteiger partial charge on any atom is 0.278 e. The SMILES string of the molecule is Cc1nonc1OCCNC(=O)[C@@]1(C)CCCO1. The van der Waals surface area contributed by atoms with Crippen LogP contribution in [0.2, 0.25) is 0 Å². The molecule has 0 aliphatic carbocycles. The van der Waals surface area contributed by atoms with Crippen LogP contribution in [0.5, 0.6) is 5.88 Å². The standard InChI is InChI=1S/C11H17N3O4/c1-8-9(14-18-13-8)16-7-5-12-10(15)11(2)4-3-6-17-11/h3-7H2,1-2H3,(H,12,15)/t11-/m1/s1. The summed E-state index contributed by atoms with van der Waals surface area (Å²) >= 11 is 0. The maximum atomic E-state index is 11.9. The van der Waals surface area contributed by atoms with Gasteiger partial charge in [-0.15, -0.1) is 0 Å². The number of hydrogen-bond acceptors (Lipinski definition) is 6. The molecule has 1 fully saturated rings. The molecule has 1 aliphatic rings. The van der Waals surface area contributed by atoms with Gasteiger partial charge in [0.2, 0.25) is 0 Å². The van der Waals surface area contributed by atoms with E-state index in [1.54, 1.807) is 6.92 Å². The highest BCUT2D eigenvalue weighted by Crippen LogP contribution is 2.24. The first-order chi connectivity index (χ1) is 8.62. The van der Waals surface area contributed by atoms with Crippen molar-refractivity contribution in [2.75, 3.05) is 19.8 Å². The van der Waals surface area contributed by atoms with Gasteiger partial charge in [-0.25, -0.2) is 4.63 Å². The summed E-state index contributed by atoms with van der Waals surface area (Å²) in [6.07, 6.45) is 1.68. The second-order valence-electron chi connectivity index (χ2n) is 4.44. The molecule has 1 aromatic heterocycles. The third kappa shape index (κ3) is 2.79. The lowest BCUT2D eigenvalue weighted by molar-refractivity contribution is -0.139. The molecule has 0 aromatic carbocycles. The van der Waals surface area contributed by atoms with E-state index in [0.29, 0.717) is 31.3 Å². The normalized spacial score (nSPS) is 23.0. The first kappa shape index (κ1) is 12.8. The number of nitrogens with one attached hydrogen (secondary N) is 1. The van der Waals surface area contributed by atoms with Crippen LogP contribution in [0.4, 0.5) is 0 Å². The van der Waals surface area contributed by atoms with Crippen molar-refractivity contribution in [3.05, 3.63) is 5.69 Å². The highest BCUT2D eigenvalue weighted by atomic mass is 16.6. The van der Waals surface area contributed by atoms with Gasteiger partial charge in [-0.1, -0.05) is 5.16 Å². The van der Waals surface area contributed by atoms with Crippen LogP contribution in [0.25, 0.3) is 0 Å². The van der Waals surface area contributed by atoms with E-state index in [1.807, 2.05) is 6.92 Å². The summed E-state index contributed by atoms with van der Waals surface area (Å²) in [5.74, 6) is 0.256. The Hall–Kier alpha value is -1.63. The van der Waals surface area contributed by atoms with E-state index >= 15 is 0 Å². The molecule has 1 aromatic rings. The summed E-state index contributed by atoms with van der Waals surface area (Å²) < 4.78 is 15.2. The molecule has 2 heterocycles. The van der Waals surface area contributed by atoms with E-state index in [2.05, 4.69) is 20.3 Å². The fourth-order valence-corrected chi connectivity index (χ4v) is 1.81. The average molecular weight is 255 g/mol.